The number of phenolic OH excluding ortho intramolecular Hbond substituents is 1. The summed E-state index contributed by atoms with van der Waals surface area (Å²) in [5.41, 5.74) is 0.682. The predicted molar refractivity (Wildman–Crippen MR) is 75.0 cm³/mol. The largest absolute Gasteiger partial charge is 0.508 e. The van der Waals surface area contributed by atoms with E-state index < -0.39 is 0 Å². The zero-order valence-electron chi connectivity index (χ0n) is 11.2. The number of hydrogen-bond donors (Lipinski definition) is 3. The molecule has 19 heavy (non-hydrogen) atoms. The van der Waals surface area contributed by atoms with Crippen molar-refractivity contribution >= 4 is 5.91 Å². The van der Waals surface area contributed by atoms with Crippen LogP contribution in [0.5, 0.6) is 5.75 Å². The molecule has 1 aromatic carbocycles. The number of carbonyl (C=O) groups excluding carboxylic acids is 1. The summed E-state index contributed by atoms with van der Waals surface area (Å²) in [6, 6.07) is 6.98. The van der Waals surface area contributed by atoms with Crippen LogP contribution >= 0.6 is 0 Å². The van der Waals surface area contributed by atoms with Gasteiger partial charge in [0.1, 0.15) is 5.75 Å². The Kier molecular flexibility index (Phi) is 5.21. The minimum atomic E-state index is -0.0181. The zero-order chi connectivity index (χ0) is 13.5. The number of piperidine rings is 1. The van der Waals surface area contributed by atoms with Crippen LogP contribution < -0.4 is 10.6 Å². The van der Waals surface area contributed by atoms with Gasteiger partial charge in [-0.3, -0.25) is 4.79 Å². The molecule has 1 heterocycles. The first-order valence-electron chi connectivity index (χ1n) is 7.00. The first-order chi connectivity index (χ1) is 9.25. The van der Waals surface area contributed by atoms with Crippen LogP contribution in [0.2, 0.25) is 0 Å². The standard InChI is InChI=1S/C15H22N2O2/c18-14-4-2-1-3-13(14)11-15(19)17-10-7-12-5-8-16-9-6-12/h1-4,12,16,18H,5-11H2,(H,17,19). The summed E-state index contributed by atoms with van der Waals surface area (Å²) in [7, 11) is 0. The lowest BCUT2D eigenvalue weighted by molar-refractivity contribution is -0.120. The fraction of sp³-hybridized carbons (Fsp3) is 0.533. The minimum Gasteiger partial charge on any atom is -0.508 e. The lowest BCUT2D eigenvalue weighted by atomic mass is 9.95. The first-order valence-corrected chi connectivity index (χ1v) is 7.00. The number of para-hydroxylation sites is 1. The summed E-state index contributed by atoms with van der Waals surface area (Å²) in [6.45, 7) is 2.92. The third kappa shape index (κ3) is 4.56. The highest BCUT2D eigenvalue weighted by molar-refractivity contribution is 5.79. The van der Waals surface area contributed by atoms with Crippen LogP contribution in [-0.4, -0.2) is 30.6 Å². The SMILES string of the molecule is O=C(Cc1ccccc1O)NCCC1CCNCC1. The van der Waals surface area contributed by atoms with E-state index in [9.17, 15) is 9.90 Å². The van der Waals surface area contributed by atoms with Crippen LogP contribution in [0.4, 0.5) is 0 Å². The van der Waals surface area contributed by atoms with Crippen molar-refractivity contribution in [1.29, 1.82) is 0 Å². The molecular formula is C15H22N2O2. The van der Waals surface area contributed by atoms with Crippen LogP contribution in [0.25, 0.3) is 0 Å². The van der Waals surface area contributed by atoms with E-state index >= 15 is 0 Å². The zero-order valence-corrected chi connectivity index (χ0v) is 11.2. The van der Waals surface area contributed by atoms with Crippen molar-refractivity contribution in [3.8, 4) is 5.75 Å². The molecule has 0 radical (unpaired) electrons. The maximum Gasteiger partial charge on any atom is 0.224 e. The molecule has 1 aromatic rings. The molecule has 0 bridgehead atoms. The van der Waals surface area contributed by atoms with Crippen LogP contribution in [-0.2, 0) is 11.2 Å². The van der Waals surface area contributed by atoms with E-state index in [0.717, 1.165) is 32.0 Å². The molecule has 4 nitrogen and oxygen atoms in total. The second kappa shape index (κ2) is 7.14. The molecule has 4 heteroatoms. The Morgan fingerprint density at radius 3 is 2.79 bits per heavy atom. The van der Waals surface area contributed by atoms with Crippen molar-refractivity contribution in [1.82, 2.24) is 10.6 Å². The Balaban J connectivity index is 1.68. The van der Waals surface area contributed by atoms with Crippen molar-refractivity contribution in [3.05, 3.63) is 29.8 Å². The van der Waals surface area contributed by atoms with Gasteiger partial charge in [0.05, 0.1) is 6.42 Å². The molecule has 3 N–H and O–H groups in total. The van der Waals surface area contributed by atoms with Gasteiger partial charge in [-0.05, 0) is 44.3 Å². The topological polar surface area (TPSA) is 61.4 Å². The maximum atomic E-state index is 11.8. The molecule has 2 rings (SSSR count). The third-order valence-corrected chi connectivity index (χ3v) is 3.68. The molecule has 1 amide bonds. The van der Waals surface area contributed by atoms with E-state index in [2.05, 4.69) is 10.6 Å². The quantitative estimate of drug-likeness (QED) is 0.752. The van der Waals surface area contributed by atoms with Gasteiger partial charge < -0.3 is 15.7 Å². The second-order valence-electron chi connectivity index (χ2n) is 5.14. The summed E-state index contributed by atoms with van der Waals surface area (Å²) in [4.78, 5) is 11.8. The number of aromatic hydroxyl groups is 1. The fourth-order valence-electron chi connectivity index (χ4n) is 2.48. The van der Waals surface area contributed by atoms with E-state index in [0.29, 0.717) is 5.56 Å². The van der Waals surface area contributed by atoms with Crippen LogP contribution in [0, 0.1) is 5.92 Å². The number of amides is 1. The van der Waals surface area contributed by atoms with E-state index in [-0.39, 0.29) is 18.1 Å². The molecule has 0 saturated carbocycles. The molecule has 1 saturated heterocycles. The third-order valence-electron chi connectivity index (χ3n) is 3.68. The summed E-state index contributed by atoms with van der Waals surface area (Å²) in [5, 5.41) is 15.9. The van der Waals surface area contributed by atoms with Gasteiger partial charge in [-0.1, -0.05) is 18.2 Å². The molecule has 0 atom stereocenters. The van der Waals surface area contributed by atoms with Gasteiger partial charge in [0, 0.05) is 12.1 Å². The van der Waals surface area contributed by atoms with Gasteiger partial charge in [-0.2, -0.15) is 0 Å². The Morgan fingerprint density at radius 2 is 2.05 bits per heavy atom. The van der Waals surface area contributed by atoms with Gasteiger partial charge in [0.25, 0.3) is 0 Å². The van der Waals surface area contributed by atoms with Crippen molar-refractivity contribution in [2.45, 2.75) is 25.7 Å². The van der Waals surface area contributed by atoms with Crippen LogP contribution in [0.3, 0.4) is 0 Å². The lowest BCUT2D eigenvalue weighted by Crippen LogP contribution is -2.31. The van der Waals surface area contributed by atoms with Crippen LogP contribution in [0.1, 0.15) is 24.8 Å². The summed E-state index contributed by atoms with van der Waals surface area (Å²) >= 11 is 0. The molecule has 0 aliphatic carbocycles. The van der Waals surface area contributed by atoms with Gasteiger partial charge >= 0.3 is 0 Å². The number of nitrogens with one attached hydrogen (secondary N) is 2. The van der Waals surface area contributed by atoms with Crippen molar-refractivity contribution in [2.24, 2.45) is 5.92 Å². The molecular weight excluding hydrogens is 240 g/mol. The summed E-state index contributed by atoms with van der Waals surface area (Å²) < 4.78 is 0. The Labute approximate surface area is 114 Å². The van der Waals surface area contributed by atoms with E-state index in [4.69, 9.17) is 0 Å². The van der Waals surface area contributed by atoms with E-state index in [1.807, 2.05) is 6.07 Å². The van der Waals surface area contributed by atoms with Crippen molar-refractivity contribution < 1.29 is 9.90 Å². The summed E-state index contributed by atoms with van der Waals surface area (Å²) in [5.74, 6) is 0.901. The van der Waals surface area contributed by atoms with Crippen molar-refractivity contribution in [3.63, 3.8) is 0 Å². The highest BCUT2D eigenvalue weighted by atomic mass is 16.3. The molecule has 1 aliphatic heterocycles. The molecule has 0 spiro atoms. The first kappa shape index (κ1) is 13.9. The molecule has 1 fully saturated rings. The van der Waals surface area contributed by atoms with Gasteiger partial charge in [-0.15, -0.1) is 0 Å². The predicted octanol–water partition coefficient (Wildman–Crippen LogP) is 1.44. The van der Waals surface area contributed by atoms with Gasteiger partial charge in [0.15, 0.2) is 0 Å². The second-order valence-corrected chi connectivity index (χ2v) is 5.14. The number of hydrogen-bond acceptors (Lipinski definition) is 3. The number of phenols is 1. The van der Waals surface area contributed by atoms with Gasteiger partial charge in [-0.25, -0.2) is 0 Å². The Hall–Kier alpha value is -1.55. The fourth-order valence-corrected chi connectivity index (χ4v) is 2.48. The van der Waals surface area contributed by atoms with Crippen molar-refractivity contribution in [2.75, 3.05) is 19.6 Å². The Bertz CT molecular complexity index is 414. The Morgan fingerprint density at radius 1 is 1.32 bits per heavy atom. The highest BCUT2D eigenvalue weighted by Gasteiger charge is 2.13. The monoisotopic (exact) mass is 262 g/mol. The van der Waals surface area contributed by atoms with Gasteiger partial charge in [0.2, 0.25) is 5.91 Å². The molecule has 1 aliphatic rings. The molecule has 104 valence electrons. The van der Waals surface area contributed by atoms with Crippen LogP contribution in [0.15, 0.2) is 24.3 Å². The lowest BCUT2D eigenvalue weighted by Gasteiger charge is -2.22. The smallest absolute Gasteiger partial charge is 0.224 e. The normalized spacial score (nSPS) is 16.2. The summed E-state index contributed by atoms with van der Waals surface area (Å²) in [6.07, 6.45) is 3.71. The average molecular weight is 262 g/mol. The van der Waals surface area contributed by atoms with E-state index in [1.165, 1.54) is 12.8 Å². The molecule has 0 aromatic heterocycles. The minimum absolute atomic E-state index is 0.0181. The highest BCUT2D eigenvalue weighted by Crippen LogP contribution is 2.16. The number of benzene rings is 1. The number of carbonyl (C=O) groups is 1. The maximum absolute atomic E-state index is 11.8. The number of rotatable bonds is 5. The average Bonchev–Trinajstić information content (AvgIpc) is 2.43. The molecule has 0 unspecified atom stereocenters. The van der Waals surface area contributed by atoms with E-state index in [1.54, 1.807) is 18.2 Å².